The number of hydrogen-bond acceptors (Lipinski definition) is 2. The highest BCUT2D eigenvalue weighted by molar-refractivity contribution is 5.89. The maximum atomic E-state index is 11.0. The average molecular weight is 274 g/mol. The minimum absolute atomic E-state index is 0.331. The summed E-state index contributed by atoms with van der Waals surface area (Å²) in [6.07, 6.45) is 9.38. The molecule has 0 aromatic heterocycles. The van der Waals surface area contributed by atoms with Crippen molar-refractivity contribution in [2.24, 2.45) is 5.41 Å². The Kier molecular flexibility index (Phi) is 3.45. The first-order valence-electron chi connectivity index (χ1n) is 7.61. The molecule has 0 bridgehead atoms. The standard InChI is InChI=1S/C17H22O3/c1-12-11-13(5-6-14(12)16(18)19)20-15-7-10-17(15)8-3-2-4-9-17/h5-6,11,15H,2-4,7-10H2,1H3,(H,18,19). The van der Waals surface area contributed by atoms with Gasteiger partial charge in [-0.05, 0) is 56.4 Å². The number of carboxylic acid groups (broad SMARTS) is 1. The van der Waals surface area contributed by atoms with Crippen molar-refractivity contribution in [3.05, 3.63) is 29.3 Å². The van der Waals surface area contributed by atoms with E-state index in [9.17, 15) is 4.79 Å². The van der Waals surface area contributed by atoms with Gasteiger partial charge in [-0.15, -0.1) is 0 Å². The molecule has 3 rings (SSSR count). The molecule has 20 heavy (non-hydrogen) atoms. The van der Waals surface area contributed by atoms with Crippen molar-refractivity contribution in [2.75, 3.05) is 0 Å². The number of carbonyl (C=O) groups is 1. The smallest absolute Gasteiger partial charge is 0.335 e. The molecule has 1 atom stereocenters. The van der Waals surface area contributed by atoms with Crippen molar-refractivity contribution in [1.82, 2.24) is 0 Å². The quantitative estimate of drug-likeness (QED) is 0.899. The van der Waals surface area contributed by atoms with Gasteiger partial charge in [0.05, 0.1) is 5.56 Å². The van der Waals surface area contributed by atoms with E-state index in [1.54, 1.807) is 12.1 Å². The zero-order valence-electron chi connectivity index (χ0n) is 12.0. The molecule has 0 heterocycles. The second-order valence-corrected chi connectivity index (χ2v) is 6.35. The van der Waals surface area contributed by atoms with Gasteiger partial charge in [-0.1, -0.05) is 19.3 Å². The Morgan fingerprint density at radius 3 is 2.55 bits per heavy atom. The van der Waals surface area contributed by atoms with Crippen molar-refractivity contribution in [1.29, 1.82) is 0 Å². The van der Waals surface area contributed by atoms with Crippen molar-refractivity contribution in [2.45, 2.75) is 58.0 Å². The van der Waals surface area contributed by atoms with Gasteiger partial charge < -0.3 is 9.84 Å². The van der Waals surface area contributed by atoms with Crippen LogP contribution in [0.5, 0.6) is 5.75 Å². The maximum Gasteiger partial charge on any atom is 0.335 e. The topological polar surface area (TPSA) is 46.5 Å². The zero-order valence-corrected chi connectivity index (χ0v) is 12.0. The molecule has 0 radical (unpaired) electrons. The molecule has 3 nitrogen and oxygen atoms in total. The van der Waals surface area contributed by atoms with E-state index in [4.69, 9.17) is 9.84 Å². The Bertz CT molecular complexity index is 515. The van der Waals surface area contributed by atoms with Crippen molar-refractivity contribution < 1.29 is 14.6 Å². The van der Waals surface area contributed by atoms with Crippen LogP contribution in [0.1, 0.15) is 60.9 Å². The Morgan fingerprint density at radius 2 is 2.00 bits per heavy atom. The molecule has 1 aromatic carbocycles. The molecule has 108 valence electrons. The van der Waals surface area contributed by atoms with Crippen LogP contribution in [0.2, 0.25) is 0 Å². The molecule has 2 fully saturated rings. The van der Waals surface area contributed by atoms with E-state index in [2.05, 4.69) is 0 Å². The first kappa shape index (κ1) is 13.5. The number of rotatable bonds is 3. The van der Waals surface area contributed by atoms with Crippen molar-refractivity contribution in [3.63, 3.8) is 0 Å². The van der Waals surface area contributed by atoms with Crippen LogP contribution in [0.4, 0.5) is 0 Å². The molecule has 0 saturated heterocycles. The highest BCUT2D eigenvalue weighted by Gasteiger charge is 2.48. The Balaban J connectivity index is 1.72. The molecular formula is C17H22O3. The first-order chi connectivity index (χ1) is 9.61. The molecule has 2 saturated carbocycles. The summed E-state index contributed by atoms with van der Waals surface area (Å²) in [4.78, 5) is 11.0. The van der Waals surface area contributed by atoms with Gasteiger partial charge in [0, 0.05) is 5.41 Å². The Labute approximate surface area is 120 Å². The van der Waals surface area contributed by atoms with Crippen LogP contribution in [0, 0.1) is 12.3 Å². The predicted molar refractivity (Wildman–Crippen MR) is 77.3 cm³/mol. The summed E-state index contributed by atoms with van der Waals surface area (Å²) >= 11 is 0. The summed E-state index contributed by atoms with van der Waals surface area (Å²) in [6.45, 7) is 1.83. The van der Waals surface area contributed by atoms with Crippen LogP contribution in [0.3, 0.4) is 0 Å². The normalized spacial score (nSPS) is 24.1. The molecular weight excluding hydrogens is 252 g/mol. The monoisotopic (exact) mass is 274 g/mol. The van der Waals surface area contributed by atoms with E-state index in [0.29, 0.717) is 17.1 Å². The number of hydrogen-bond donors (Lipinski definition) is 1. The van der Waals surface area contributed by atoms with E-state index < -0.39 is 5.97 Å². The summed E-state index contributed by atoms with van der Waals surface area (Å²) in [5, 5.41) is 9.05. The van der Waals surface area contributed by atoms with Crippen LogP contribution in [0.25, 0.3) is 0 Å². The summed E-state index contributed by atoms with van der Waals surface area (Å²) in [5.41, 5.74) is 1.54. The Hall–Kier alpha value is -1.51. The second-order valence-electron chi connectivity index (χ2n) is 6.35. The zero-order chi connectivity index (χ0) is 14.2. The average Bonchev–Trinajstić information content (AvgIpc) is 2.44. The van der Waals surface area contributed by atoms with E-state index >= 15 is 0 Å². The molecule has 2 aliphatic rings. The lowest BCUT2D eigenvalue weighted by Crippen LogP contribution is -2.49. The first-order valence-corrected chi connectivity index (χ1v) is 7.61. The van der Waals surface area contributed by atoms with Gasteiger partial charge in [0.2, 0.25) is 0 Å². The van der Waals surface area contributed by atoms with Gasteiger partial charge in [-0.2, -0.15) is 0 Å². The number of carboxylic acids is 1. The van der Waals surface area contributed by atoms with Gasteiger partial charge in [0.1, 0.15) is 11.9 Å². The largest absolute Gasteiger partial charge is 0.490 e. The molecule has 2 aliphatic carbocycles. The molecule has 1 spiro atoms. The second kappa shape index (κ2) is 5.12. The van der Waals surface area contributed by atoms with E-state index in [1.807, 2.05) is 13.0 Å². The van der Waals surface area contributed by atoms with Gasteiger partial charge in [0.15, 0.2) is 0 Å². The SMILES string of the molecule is Cc1cc(OC2CCC23CCCCC3)ccc1C(=O)O. The predicted octanol–water partition coefficient (Wildman–Crippen LogP) is 4.18. The fraction of sp³-hybridized carbons (Fsp3) is 0.588. The summed E-state index contributed by atoms with van der Waals surface area (Å²) < 4.78 is 6.17. The van der Waals surface area contributed by atoms with Crippen LogP contribution < -0.4 is 4.74 Å². The third-order valence-electron chi connectivity index (χ3n) is 5.14. The number of aryl methyl sites for hydroxylation is 1. The van der Waals surface area contributed by atoms with Gasteiger partial charge >= 0.3 is 5.97 Å². The van der Waals surface area contributed by atoms with Gasteiger partial charge in [-0.3, -0.25) is 0 Å². The molecule has 3 heteroatoms. The van der Waals surface area contributed by atoms with E-state index in [-0.39, 0.29) is 0 Å². The fourth-order valence-electron chi connectivity index (χ4n) is 3.80. The van der Waals surface area contributed by atoms with Crippen molar-refractivity contribution in [3.8, 4) is 5.75 Å². The minimum Gasteiger partial charge on any atom is -0.490 e. The van der Waals surface area contributed by atoms with Crippen LogP contribution in [-0.2, 0) is 0 Å². The molecule has 0 amide bonds. The van der Waals surface area contributed by atoms with Crippen LogP contribution >= 0.6 is 0 Å². The highest BCUT2D eigenvalue weighted by Crippen LogP contribution is 2.53. The van der Waals surface area contributed by atoms with Gasteiger partial charge in [0.25, 0.3) is 0 Å². The van der Waals surface area contributed by atoms with E-state index in [0.717, 1.165) is 17.7 Å². The molecule has 0 aliphatic heterocycles. The highest BCUT2D eigenvalue weighted by atomic mass is 16.5. The maximum absolute atomic E-state index is 11.0. The third-order valence-corrected chi connectivity index (χ3v) is 5.14. The Morgan fingerprint density at radius 1 is 1.25 bits per heavy atom. The van der Waals surface area contributed by atoms with Crippen LogP contribution in [-0.4, -0.2) is 17.2 Å². The lowest BCUT2D eigenvalue weighted by molar-refractivity contribution is -0.0703. The number of aromatic carboxylic acids is 1. The van der Waals surface area contributed by atoms with E-state index in [1.165, 1.54) is 38.5 Å². The third kappa shape index (κ3) is 2.30. The van der Waals surface area contributed by atoms with Gasteiger partial charge in [-0.25, -0.2) is 4.79 Å². The fourth-order valence-corrected chi connectivity index (χ4v) is 3.80. The number of benzene rings is 1. The molecule has 1 aromatic rings. The van der Waals surface area contributed by atoms with Crippen molar-refractivity contribution >= 4 is 5.97 Å². The van der Waals surface area contributed by atoms with Crippen LogP contribution in [0.15, 0.2) is 18.2 Å². The minimum atomic E-state index is -0.874. The lowest BCUT2D eigenvalue weighted by Gasteiger charge is -2.51. The summed E-state index contributed by atoms with van der Waals surface area (Å²) in [6, 6.07) is 5.31. The summed E-state index contributed by atoms with van der Waals surface area (Å²) in [5.74, 6) is -0.0522. The molecule has 1 unspecified atom stereocenters. The lowest BCUT2D eigenvalue weighted by atomic mass is 9.58. The number of ether oxygens (including phenoxy) is 1. The molecule has 1 N–H and O–H groups in total. The summed E-state index contributed by atoms with van der Waals surface area (Å²) in [7, 11) is 0.